The van der Waals surface area contributed by atoms with Crippen molar-refractivity contribution in [2.24, 2.45) is 13.0 Å². The molecule has 2 unspecified atom stereocenters. The maximum absolute atomic E-state index is 6.12. The Labute approximate surface area is 146 Å². The van der Waals surface area contributed by atoms with E-state index in [-0.39, 0.29) is 0 Å². The van der Waals surface area contributed by atoms with Crippen molar-refractivity contribution in [3.63, 3.8) is 0 Å². The number of pyridine rings is 1. The van der Waals surface area contributed by atoms with Crippen LogP contribution in [0.1, 0.15) is 19.8 Å². The number of nitrogens with zero attached hydrogens (tertiary/aromatic N) is 5. The van der Waals surface area contributed by atoms with Crippen LogP contribution in [0.4, 0.5) is 0 Å². The third kappa shape index (κ3) is 3.32. The summed E-state index contributed by atoms with van der Waals surface area (Å²) in [6, 6.07) is 2.38. The molecule has 0 aromatic carbocycles. The fraction of sp³-hybridized carbons (Fsp3) is 0.444. The maximum atomic E-state index is 6.12. The average molecular weight is 338 g/mol. The van der Waals surface area contributed by atoms with Crippen LogP contribution in [0.5, 0.6) is 5.88 Å². The first kappa shape index (κ1) is 16.0. The van der Waals surface area contributed by atoms with Gasteiger partial charge in [-0.3, -0.25) is 9.67 Å². The Morgan fingerprint density at radius 3 is 3.00 bits per heavy atom. The van der Waals surface area contributed by atoms with Gasteiger partial charge in [0.25, 0.3) is 0 Å². The van der Waals surface area contributed by atoms with Crippen molar-refractivity contribution in [3.8, 4) is 17.1 Å². The van der Waals surface area contributed by atoms with Crippen molar-refractivity contribution in [2.75, 3.05) is 13.2 Å². The number of piperidine rings is 1. The second kappa shape index (κ2) is 6.76. The highest BCUT2D eigenvalue weighted by Gasteiger charge is 2.22. The third-order valence-corrected chi connectivity index (χ3v) is 4.78. The molecule has 2 atom stereocenters. The number of hydrogen-bond acceptors (Lipinski definition) is 6. The van der Waals surface area contributed by atoms with E-state index in [0.717, 1.165) is 23.3 Å². The minimum atomic E-state index is 0.451. The van der Waals surface area contributed by atoms with Crippen LogP contribution in [-0.2, 0) is 7.05 Å². The molecule has 7 nitrogen and oxygen atoms in total. The van der Waals surface area contributed by atoms with Gasteiger partial charge in [0, 0.05) is 43.2 Å². The van der Waals surface area contributed by atoms with Gasteiger partial charge in [-0.2, -0.15) is 5.10 Å². The van der Waals surface area contributed by atoms with E-state index in [0.29, 0.717) is 30.0 Å². The van der Waals surface area contributed by atoms with Gasteiger partial charge in [0.2, 0.25) is 5.88 Å². The summed E-state index contributed by atoms with van der Waals surface area (Å²) in [4.78, 5) is 13.5. The van der Waals surface area contributed by atoms with Crippen molar-refractivity contribution < 1.29 is 4.74 Å². The lowest BCUT2D eigenvalue weighted by atomic mass is 9.93. The molecule has 0 amide bonds. The molecule has 3 aromatic rings. The number of rotatable bonds is 4. The van der Waals surface area contributed by atoms with E-state index in [1.165, 1.54) is 12.8 Å². The molecule has 1 saturated heterocycles. The quantitative estimate of drug-likeness (QED) is 0.786. The Morgan fingerprint density at radius 2 is 2.20 bits per heavy atom. The van der Waals surface area contributed by atoms with E-state index >= 15 is 0 Å². The van der Waals surface area contributed by atoms with Crippen LogP contribution < -0.4 is 10.1 Å². The topological polar surface area (TPSA) is 77.8 Å². The molecule has 25 heavy (non-hydrogen) atoms. The summed E-state index contributed by atoms with van der Waals surface area (Å²) < 4.78 is 7.88. The molecule has 3 aromatic heterocycles. The van der Waals surface area contributed by atoms with Crippen LogP contribution in [-0.4, -0.2) is 43.9 Å². The number of fused-ring (bicyclic) bond motifs is 1. The molecule has 0 aliphatic carbocycles. The van der Waals surface area contributed by atoms with Gasteiger partial charge >= 0.3 is 0 Å². The normalized spacial score (nSPS) is 20.7. The molecule has 1 N–H and O–H groups in total. The summed E-state index contributed by atoms with van der Waals surface area (Å²) >= 11 is 0. The molecular formula is C18H22N6O. The van der Waals surface area contributed by atoms with Gasteiger partial charge in [0.1, 0.15) is 0 Å². The second-order valence-corrected chi connectivity index (χ2v) is 6.60. The van der Waals surface area contributed by atoms with E-state index in [1.54, 1.807) is 23.3 Å². The van der Waals surface area contributed by atoms with Gasteiger partial charge in [-0.25, -0.2) is 9.97 Å². The predicted octanol–water partition coefficient (Wildman–Crippen LogP) is 2.19. The summed E-state index contributed by atoms with van der Waals surface area (Å²) in [5, 5.41) is 7.73. The van der Waals surface area contributed by atoms with Crippen LogP contribution >= 0.6 is 0 Å². The highest BCUT2D eigenvalue weighted by atomic mass is 16.5. The molecule has 0 bridgehead atoms. The van der Waals surface area contributed by atoms with Gasteiger partial charge in [-0.1, -0.05) is 0 Å². The molecule has 4 heterocycles. The summed E-state index contributed by atoms with van der Waals surface area (Å²) in [7, 11) is 1.89. The second-order valence-electron chi connectivity index (χ2n) is 6.60. The summed E-state index contributed by atoms with van der Waals surface area (Å²) in [5.41, 5.74) is 3.21. The van der Waals surface area contributed by atoms with Gasteiger partial charge in [0.15, 0.2) is 5.52 Å². The maximum Gasteiger partial charge on any atom is 0.242 e. The largest absolute Gasteiger partial charge is 0.476 e. The molecule has 1 aliphatic rings. The van der Waals surface area contributed by atoms with Crippen LogP contribution in [0.25, 0.3) is 22.3 Å². The van der Waals surface area contributed by atoms with Gasteiger partial charge in [-0.05, 0) is 32.4 Å². The fourth-order valence-corrected chi connectivity index (χ4v) is 3.27. The van der Waals surface area contributed by atoms with Crippen LogP contribution in [0.2, 0.25) is 0 Å². The minimum absolute atomic E-state index is 0.451. The van der Waals surface area contributed by atoms with E-state index in [9.17, 15) is 0 Å². The Bertz CT molecular complexity index is 877. The minimum Gasteiger partial charge on any atom is -0.476 e. The first-order chi connectivity index (χ1) is 12.2. The average Bonchev–Trinajstić information content (AvgIpc) is 3.07. The summed E-state index contributed by atoms with van der Waals surface area (Å²) in [5.74, 6) is 1.02. The standard InChI is InChI=1S/C18H22N6O/c1-12-13(4-3-5-19-12)11-25-18-17-16(20-6-7-21-17)8-15(23-18)14-9-22-24(2)10-14/h6-10,12-13,19H,3-5,11H2,1-2H3. The first-order valence-electron chi connectivity index (χ1n) is 8.67. The van der Waals surface area contributed by atoms with E-state index in [1.807, 2.05) is 19.3 Å². The van der Waals surface area contributed by atoms with Crippen molar-refractivity contribution >= 4 is 11.0 Å². The molecule has 0 radical (unpaired) electrons. The Kier molecular flexibility index (Phi) is 4.31. The number of hydrogen-bond donors (Lipinski definition) is 1. The lowest BCUT2D eigenvalue weighted by Gasteiger charge is -2.29. The molecule has 7 heteroatoms. The van der Waals surface area contributed by atoms with Crippen molar-refractivity contribution in [1.29, 1.82) is 0 Å². The highest BCUT2D eigenvalue weighted by Crippen LogP contribution is 2.27. The van der Waals surface area contributed by atoms with Crippen LogP contribution in [0.3, 0.4) is 0 Å². The van der Waals surface area contributed by atoms with Crippen molar-refractivity contribution in [1.82, 2.24) is 30.0 Å². The SMILES string of the molecule is CC1NCCCC1COc1nc(-c2cnn(C)c2)cc2nccnc12. The van der Waals surface area contributed by atoms with Crippen LogP contribution in [0.15, 0.2) is 30.9 Å². The number of nitrogens with one attached hydrogen (secondary N) is 1. The lowest BCUT2D eigenvalue weighted by molar-refractivity contribution is 0.180. The van der Waals surface area contributed by atoms with Crippen LogP contribution in [0, 0.1) is 5.92 Å². The fourth-order valence-electron chi connectivity index (χ4n) is 3.27. The molecule has 130 valence electrons. The monoisotopic (exact) mass is 338 g/mol. The zero-order valence-corrected chi connectivity index (χ0v) is 14.5. The zero-order chi connectivity index (χ0) is 17.2. The van der Waals surface area contributed by atoms with Gasteiger partial charge in [-0.15, -0.1) is 0 Å². The van der Waals surface area contributed by atoms with Gasteiger partial charge < -0.3 is 10.1 Å². The first-order valence-corrected chi connectivity index (χ1v) is 8.67. The van der Waals surface area contributed by atoms with Gasteiger partial charge in [0.05, 0.1) is 24.0 Å². The number of aryl methyl sites for hydroxylation is 1. The number of ether oxygens (including phenoxy) is 1. The smallest absolute Gasteiger partial charge is 0.242 e. The van der Waals surface area contributed by atoms with Crippen molar-refractivity contribution in [2.45, 2.75) is 25.8 Å². The molecule has 1 fully saturated rings. The highest BCUT2D eigenvalue weighted by molar-refractivity contribution is 5.83. The lowest BCUT2D eigenvalue weighted by Crippen LogP contribution is -2.41. The van der Waals surface area contributed by atoms with E-state index in [4.69, 9.17) is 9.72 Å². The molecular weight excluding hydrogens is 316 g/mol. The summed E-state index contributed by atoms with van der Waals surface area (Å²) in [6.45, 7) is 3.93. The Hall–Kier alpha value is -2.54. The molecule has 0 spiro atoms. The van der Waals surface area contributed by atoms with Crippen molar-refractivity contribution in [3.05, 3.63) is 30.9 Å². The molecule has 1 aliphatic heterocycles. The Morgan fingerprint density at radius 1 is 1.32 bits per heavy atom. The molecule has 4 rings (SSSR count). The zero-order valence-electron chi connectivity index (χ0n) is 14.5. The predicted molar refractivity (Wildman–Crippen MR) is 95.2 cm³/mol. The van der Waals surface area contributed by atoms with E-state index < -0.39 is 0 Å². The summed E-state index contributed by atoms with van der Waals surface area (Å²) in [6.07, 6.45) is 9.43. The third-order valence-electron chi connectivity index (χ3n) is 4.78. The Balaban J connectivity index is 1.66. The number of aromatic nitrogens is 5. The molecule has 0 saturated carbocycles. The van der Waals surface area contributed by atoms with E-state index in [2.05, 4.69) is 27.3 Å².